The van der Waals surface area contributed by atoms with E-state index in [-0.39, 0.29) is 23.7 Å². The third-order valence-electron chi connectivity index (χ3n) is 7.17. The fourth-order valence-electron chi connectivity index (χ4n) is 5.35. The number of anilines is 1. The SMILES string of the molecule is COCCN(C(=O)Nc1ccccc1F)C1CCC2(CC1)C(=O)N(C)CCc1ccccc12. The van der Waals surface area contributed by atoms with Gasteiger partial charge in [-0.3, -0.25) is 4.79 Å². The summed E-state index contributed by atoms with van der Waals surface area (Å²) in [5, 5.41) is 2.71. The standard InChI is InChI=1S/C26H32FN3O3/c1-29-16-13-19-7-3-4-8-21(19)26(24(29)31)14-11-20(12-15-26)30(17-18-33-2)25(32)28-23-10-6-5-9-22(23)27/h3-10,20H,11-18H2,1-2H3,(H,28,32). The molecule has 2 aromatic carbocycles. The van der Waals surface area contributed by atoms with Gasteiger partial charge in [-0.15, -0.1) is 0 Å². The van der Waals surface area contributed by atoms with E-state index in [0.29, 0.717) is 45.4 Å². The van der Waals surface area contributed by atoms with Crippen molar-refractivity contribution in [2.45, 2.75) is 43.6 Å². The number of amides is 3. The molecule has 2 aromatic rings. The molecule has 4 rings (SSSR count). The number of para-hydroxylation sites is 1. The Hall–Kier alpha value is -2.93. The number of nitrogens with zero attached hydrogens (tertiary/aromatic N) is 2. The van der Waals surface area contributed by atoms with E-state index in [1.807, 2.05) is 24.1 Å². The molecule has 0 radical (unpaired) electrons. The van der Waals surface area contributed by atoms with Gasteiger partial charge in [-0.2, -0.15) is 0 Å². The van der Waals surface area contributed by atoms with Crippen LogP contribution in [0.4, 0.5) is 14.9 Å². The third-order valence-corrected chi connectivity index (χ3v) is 7.17. The first-order chi connectivity index (χ1) is 16.0. The Kier molecular flexibility index (Phi) is 6.98. The molecule has 0 saturated heterocycles. The van der Waals surface area contributed by atoms with Gasteiger partial charge in [0.25, 0.3) is 0 Å². The summed E-state index contributed by atoms with van der Waals surface area (Å²) in [4.78, 5) is 30.2. The number of hydrogen-bond donors (Lipinski definition) is 1. The van der Waals surface area contributed by atoms with Gasteiger partial charge in [0.2, 0.25) is 5.91 Å². The zero-order valence-corrected chi connectivity index (χ0v) is 19.4. The first-order valence-corrected chi connectivity index (χ1v) is 11.6. The van der Waals surface area contributed by atoms with Crippen molar-refractivity contribution < 1.29 is 18.7 Å². The Morgan fingerprint density at radius 1 is 1.18 bits per heavy atom. The number of carbonyl (C=O) groups is 2. The van der Waals surface area contributed by atoms with Crippen LogP contribution in [0.5, 0.6) is 0 Å². The van der Waals surface area contributed by atoms with Crippen LogP contribution >= 0.6 is 0 Å². The fourth-order valence-corrected chi connectivity index (χ4v) is 5.35. The molecule has 7 heteroatoms. The van der Waals surface area contributed by atoms with E-state index in [0.717, 1.165) is 12.0 Å². The number of likely N-dealkylation sites (N-methyl/N-ethyl adjacent to an activating group) is 1. The predicted molar refractivity (Wildman–Crippen MR) is 126 cm³/mol. The molecule has 6 nitrogen and oxygen atoms in total. The predicted octanol–water partition coefficient (Wildman–Crippen LogP) is 4.20. The van der Waals surface area contributed by atoms with E-state index in [2.05, 4.69) is 17.4 Å². The van der Waals surface area contributed by atoms with Gasteiger partial charge in [0.05, 0.1) is 17.7 Å². The number of fused-ring (bicyclic) bond motifs is 2. The molecule has 1 aliphatic heterocycles. The molecule has 1 N–H and O–H groups in total. The molecule has 1 spiro atoms. The topological polar surface area (TPSA) is 61.9 Å². The second-order valence-corrected chi connectivity index (χ2v) is 9.04. The van der Waals surface area contributed by atoms with Crippen LogP contribution in [0.3, 0.4) is 0 Å². The number of hydrogen-bond acceptors (Lipinski definition) is 3. The minimum Gasteiger partial charge on any atom is -0.383 e. The van der Waals surface area contributed by atoms with E-state index < -0.39 is 11.2 Å². The Balaban J connectivity index is 1.55. The van der Waals surface area contributed by atoms with Crippen molar-refractivity contribution in [3.8, 4) is 0 Å². The molecule has 176 valence electrons. The number of halogens is 1. The summed E-state index contributed by atoms with van der Waals surface area (Å²) in [6.07, 6.45) is 3.60. The summed E-state index contributed by atoms with van der Waals surface area (Å²) < 4.78 is 19.3. The molecule has 0 unspecified atom stereocenters. The summed E-state index contributed by atoms with van der Waals surface area (Å²) in [5.41, 5.74) is 1.98. The largest absolute Gasteiger partial charge is 0.383 e. The van der Waals surface area contributed by atoms with Crippen molar-refractivity contribution in [1.29, 1.82) is 0 Å². The van der Waals surface area contributed by atoms with Gasteiger partial charge in [-0.1, -0.05) is 36.4 Å². The van der Waals surface area contributed by atoms with Crippen LogP contribution in [0, 0.1) is 5.82 Å². The van der Waals surface area contributed by atoms with Gasteiger partial charge in [-0.25, -0.2) is 9.18 Å². The van der Waals surface area contributed by atoms with Gasteiger partial charge in [0.15, 0.2) is 0 Å². The molecule has 1 aliphatic carbocycles. The molecule has 2 aliphatic rings. The smallest absolute Gasteiger partial charge is 0.322 e. The average molecular weight is 454 g/mol. The van der Waals surface area contributed by atoms with E-state index in [4.69, 9.17) is 4.74 Å². The van der Waals surface area contributed by atoms with Gasteiger partial charge in [0.1, 0.15) is 5.82 Å². The fraction of sp³-hybridized carbons (Fsp3) is 0.462. The van der Waals surface area contributed by atoms with Crippen LogP contribution in [-0.4, -0.2) is 61.6 Å². The lowest BCUT2D eigenvalue weighted by molar-refractivity contribution is -0.137. The van der Waals surface area contributed by atoms with Crippen LogP contribution in [0.15, 0.2) is 48.5 Å². The summed E-state index contributed by atoms with van der Waals surface area (Å²) in [7, 11) is 3.48. The normalized spacial score (nSPS) is 22.6. The molecule has 1 saturated carbocycles. The van der Waals surface area contributed by atoms with Gasteiger partial charge < -0.3 is 19.9 Å². The lowest BCUT2D eigenvalue weighted by Gasteiger charge is -2.43. The molecule has 0 aromatic heterocycles. The molecule has 33 heavy (non-hydrogen) atoms. The monoisotopic (exact) mass is 453 g/mol. The number of nitrogens with one attached hydrogen (secondary N) is 1. The van der Waals surface area contributed by atoms with Crippen LogP contribution in [0.2, 0.25) is 0 Å². The quantitative estimate of drug-likeness (QED) is 0.738. The Morgan fingerprint density at radius 2 is 1.88 bits per heavy atom. The number of carbonyl (C=O) groups excluding carboxylic acids is 2. The molecular formula is C26H32FN3O3. The molecule has 3 amide bonds. The molecule has 1 heterocycles. The van der Waals surface area contributed by atoms with Gasteiger partial charge in [0, 0.05) is 33.3 Å². The maximum atomic E-state index is 14.1. The lowest BCUT2D eigenvalue weighted by atomic mass is 9.66. The maximum Gasteiger partial charge on any atom is 0.322 e. The van der Waals surface area contributed by atoms with E-state index >= 15 is 0 Å². The van der Waals surface area contributed by atoms with Crippen molar-refractivity contribution in [1.82, 2.24) is 9.80 Å². The summed E-state index contributed by atoms with van der Waals surface area (Å²) in [5.74, 6) is -0.297. The second-order valence-electron chi connectivity index (χ2n) is 9.04. The molecule has 0 bridgehead atoms. The molecule has 0 atom stereocenters. The second kappa shape index (κ2) is 9.91. The van der Waals surface area contributed by atoms with E-state index in [1.54, 1.807) is 30.2 Å². The minimum atomic E-state index is -0.548. The highest BCUT2D eigenvalue weighted by molar-refractivity contribution is 5.90. The highest BCUT2D eigenvalue weighted by Crippen LogP contribution is 2.44. The maximum absolute atomic E-state index is 14.1. The summed E-state index contributed by atoms with van der Waals surface area (Å²) >= 11 is 0. The van der Waals surface area contributed by atoms with Crippen LogP contribution in [-0.2, 0) is 21.4 Å². The molecular weight excluding hydrogens is 421 g/mol. The number of urea groups is 1. The zero-order valence-electron chi connectivity index (χ0n) is 19.4. The number of benzene rings is 2. The number of rotatable bonds is 5. The van der Waals surface area contributed by atoms with Crippen LogP contribution in [0.1, 0.15) is 36.8 Å². The van der Waals surface area contributed by atoms with Crippen molar-refractivity contribution >= 4 is 17.6 Å². The summed E-state index contributed by atoms with van der Waals surface area (Å²) in [6, 6.07) is 14.0. The first-order valence-electron chi connectivity index (χ1n) is 11.6. The minimum absolute atomic E-state index is 0.0499. The lowest BCUT2D eigenvalue weighted by Crippen LogP contribution is -2.52. The number of ether oxygens (including phenoxy) is 1. The highest BCUT2D eigenvalue weighted by Gasteiger charge is 2.48. The number of methoxy groups -OCH3 is 1. The van der Waals surface area contributed by atoms with Crippen LogP contribution in [0.25, 0.3) is 0 Å². The first kappa shape index (κ1) is 23.2. The summed E-state index contributed by atoms with van der Waals surface area (Å²) in [6.45, 7) is 1.50. The van der Waals surface area contributed by atoms with Gasteiger partial charge >= 0.3 is 6.03 Å². The molecule has 1 fully saturated rings. The van der Waals surface area contributed by atoms with Crippen LogP contribution < -0.4 is 5.32 Å². The van der Waals surface area contributed by atoms with Crippen molar-refractivity contribution in [2.24, 2.45) is 0 Å². The Bertz CT molecular complexity index is 1000. The van der Waals surface area contributed by atoms with Crippen molar-refractivity contribution in [2.75, 3.05) is 39.2 Å². The zero-order chi connectivity index (χ0) is 23.4. The van der Waals surface area contributed by atoms with E-state index in [1.165, 1.54) is 11.6 Å². The highest BCUT2D eigenvalue weighted by atomic mass is 19.1. The van der Waals surface area contributed by atoms with E-state index in [9.17, 15) is 14.0 Å². The van der Waals surface area contributed by atoms with Crippen molar-refractivity contribution in [3.05, 3.63) is 65.5 Å². The Labute approximate surface area is 194 Å². The van der Waals surface area contributed by atoms with Crippen molar-refractivity contribution in [3.63, 3.8) is 0 Å². The Morgan fingerprint density at radius 3 is 2.61 bits per heavy atom. The average Bonchev–Trinajstić information content (AvgIpc) is 2.93. The van der Waals surface area contributed by atoms with Gasteiger partial charge in [-0.05, 0) is 55.4 Å². The third kappa shape index (κ3) is 4.60.